The number of amides is 3. The number of imide groups is 1. The van der Waals surface area contributed by atoms with E-state index in [4.69, 9.17) is 9.47 Å². The number of nitrogens with zero attached hydrogens (tertiary/aromatic N) is 2. The Morgan fingerprint density at radius 1 is 1.00 bits per heavy atom. The van der Waals surface area contributed by atoms with Crippen molar-refractivity contribution in [2.45, 2.75) is 13.3 Å². The van der Waals surface area contributed by atoms with Gasteiger partial charge in [-0.25, -0.2) is 0 Å². The minimum absolute atomic E-state index is 0.233. The van der Waals surface area contributed by atoms with Crippen molar-refractivity contribution in [2.75, 3.05) is 40.5 Å². The first kappa shape index (κ1) is 21.5. The zero-order chi connectivity index (χ0) is 21.7. The van der Waals surface area contributed by atoms with Gasteiger partial charge in [0.05, 0.1) is 17.7 Å². The van der Waals surface area contributed by atoms with E-state index in [1.807, 2.05) is 31.2 Å². The molecule has 158 valence electrons. The molecule has 0 saturated heterocycles. The van der Waals surface area contributed by atoms with E-state index >= 15 is 0 Å². The molecule has 1 aliphatic heterocycles. The van der Waals surface area contributed by atoms with E-state index in [-0.39, 0.29) is 23.3 Å². The summed E-state index contributed by atoms with van der Waals surface area (Å²) in [6, 6.07) is 12.3. The number of benzene rings is 2. The maximum absolute atomic E-state index is 12.8. The van der Waals surface area contributed by atoms with Crippen LogP contribution in [0.3, 0.4) is 0 Å². The summed E-state index contributed by atoms with van der Waals surface area (Å²) in [6.07, 6.45) is 0.567. The Bertz CT molecular complexity index is 939. The van der Waals surface area contributed by atoms with Crippen LogP contribution in [0.4, 0.5) is 0 Å². The third-order valence-corrected chi connectivity index (χ3v) is 5.01. The Balaban J connectivity index is 1.61. The highest BCUT2D eigenvalue weighted by molar-refractivity contribution is 6.22. The first-order valence-corrected chi connectivity index (χ1v) is 9.86. The summed E-state index contributed by atoms with van der Waals surface area (Å²) in [4.78, 5) is 40.6. The van der Waals surface area contributed by atoms with Gasteiger partial charge in [0, 0.05) is 32.9 Å². The fraction of sp³-hybridized carbons (Fsp3) is 0.348. The lowest BCUT2D eigenvalue weighted by Crippen LogP contribution is -2.31. The van der Waals surface area contributed by atoms with E-state index in [2.05, 4.69) is 0 Å². The lowest BCUT2D eigenvalue weighted by molar-refractivity contribution is 0.0638. The van der Waals surface area contributed by atoms with Crippen LogP contribution in [0.1, 0.15) is 43.1 Å². The summed E-state index contributed by atoms with van der Waals surface area (Å²) in [5, 5.41) is 0. The molecule has 0 fully saturated rings. The molecule has 30 heavy (non-hydrogen) atoms. The van der Waals surface area contributed by atoms with Crippen LogP contribution in [0, 0.1) is 6.92 Å². The Labute approximate surface area is 176 Å². The van der Waals surface area contributed by atoms with Crippen molar-refractivity contribution < 1.29 is 23.9 Å². The van der Waals surface area contributed by atoms with Crippen LogP contribution in [0.2, 0.25) is 0 Å². The molecular formula is C23H26N2O5. The standard InChI is InChI=1S/C23H26N2O5/c1-16-5-8-18(9-6-16)30-14-12-24(2)21(26)17-7-10-19-20(15-17)23(28)25(22(19)27)11-4-13-29-3/h5-10,15H,4,11-14H2,1-3H3. The quantitative estimate of drug-likeness (QED) is 0.469. The summed E-state index contributed by atoms with van der Waals surface area (Å²) in [5.41, 5.74) is 2.12. The maximum Gasteiger partial charge on any atom is 0.261 e. The number of likely N-dealkylation sites (N-methyl/N-ethyl adjacent to an activating group) is 1. The molecule has 0 unspecified atom stereocenters. The molecular weight excluding hydrogens is 384 g/mol. The highest BCUT2D eigenvalue weighted by atomic mass is 16.5. The number of carbonyl (C=O) groups excluding carboxylic acids is 3. The third-order valence-electron chi connectivity index (χ3n) is 5.01. The molecule has 1 heterocycles. The first-order valence-electron chi connectivity index (χ1n) is 9.86. The smallest absolute Gasteiger partial charge is 0.261 e. The second kappa shape index (κ2) is 9.54. The highest BCUT2D eigenvalue weighted by Crippen LogP contribution is 2.24. The van der Waals surface area contributed by atoms with Crippen LogP contribution < -0.4 is 4.74 Å². The second-order valence-corrected chi connectivity index (χ2v) is 7.26. The number of ether oxygens (including phenoxy) is 2. The second-order valence-electron chi connectivity index (χ2n) is 7.26. The largest absolute Gasteiger partial charge is 0.492 e. The van der Waals surface area contributed by atoms with E-state index in [0.717, 1.165) is 11.3 Å². The Morgan fingerprint density at radius 2 is 1.70 bits per heavy atom. The SMILES string of the molecule is COCCCN1C(=O)c2ccc(C(=O)N(C)CCOc3ccc(C)cc3)cc2C1=O. The Kier molecular flexibility index (Phi) is 6.84. The van der Waals surface area contributed by atoms with Gasteiger partial charge in [-0.3, -0.25) is 19.3 Å². The van der Waals surface area contributed by atoms with Gasteiger partial charge in [0.15, 0.2) is 0 Å². The molecule has 2 aromatic carbocycles. The van der Waals surface area contributed by atoms with Gasteiger partial charge in [-0.2, -0.15) is 0 Å². The van der Waals surface area contributed by atoms with Crippen LogP contribution in [0.15, 0.2) is 42.5 Å². The highest BCUT2D eigenvalue weighted by Gasteiger charge is 2.35. The van der Waals surface area contributed by atoms with E-state index in [0.29, 0.717) is 43.9 Å². The van der Waals surface area contributed by atoms with Crippen molar-refractivity contribution in [3.05, 3.63) is 64.7 Å². The molecule has 7 heteroatoms. The minimum Gasteiger partial charge on any atom is -0.492 e. The Morgan fingerprint density at radius 3 is 2.40 bits per heavy atom. The first-order chi connectivity index (χ1) is 14.4. The zero-order valence-electron chi connectivity index (χ0n) is 17.5. The van der Waals surface area contributed by atoms with E-state index < -0.39 is 0 Å². The molecule has 0 aromatic heterocycles. The van der Waals surface area contributed by atoms with Crippen molar-refractivity contribution >= 4 is 17.7 Å². The van der Waals surface area contributed by atoms with Gasteiger partial charge in [0.1, 0.15) is 12.4 Å². The van der Waals surface area contributed by atoms with Gasteiger partial charge in [0.2, 0.25) is 0 Å². The van der Waals surface area contributed by atoms with Gasteiger partial charge in [-0.1, -0.05) is 17.7 Å². The van der Waals surface area contributed by atoms with Gasteiger partial charge in [0.25, 0.3) is 17.7 Å². The molecule has 0 aliphatic carbocycles. The Hall–Kier alpha value is -3.19. The average Bonchev–Trinajstić information content (AvgIpc) is 2.99. The number of rotatable bonds is 9. The van der Waals surface area contributed by atoms with Crippen molar-refractivity contribution in [3.63, 3.8) is 0 Å². The molecule has 0 spiro atoms. The number of carbonyl (C=O) groups is 3. The number of fused-ring (bicyclic) bond motifs is 1. The summed E-state index contributed by atoms with van der Waals surface area (Å²) < 4.78 is 10.7. The number of methoxy groups -OCH3 is 1. The molecule has 7 nitrogen and oxygen atoms in total. The summed E-state index contributed by atoms with van der Waals surface area (Å²) >= 11 is 0. The van der Waals surface area contributed by atoms with E-state index in [1.54, 1.807) is 26.3 Å². The van der Waals surface area contributed by atoms with Crippen LogP contribution in [-0.4, -0.2) is 68.0 Å². The molecule has 3 amide bonds. The number of hydrogen-bond acceptors (Lipinski definition) is 5. The van der Waals surface area contributed by atoms with Crippen LogP contribution in [0.5, 0.6) is 5.75 Å². The molecule has 0 N–H and O–H groups in total. The lowest BCUT2D eigenvalue weighted by atomic mass is 10.1. The zero-order valence-corrected chi connectivity index (χ0v) is 17.5. The van der Waals surface area contributed by atoms with Crippen LogP contribution in [0.25, 0.3) is 0 Å². The fourth-order valence-electron chi connectivity index (χ4n) is 3.25. The summed E-state index contributed by atoms with van der Waals surface area (Å²) in [6.45, 7) is 3.50. The predicted molar refractivity (Wildman–Crippen MR) is 112 cm³/mol. The molecule has 0 saturated carbocycles. The molecule has 2 aromatic rings. The monoisotopic (exact) mass is 410 g/mol. The van der Waals surface area contributed by atoms with Gasteiger partial charge in [-0.15, -0.1) is 0 Å². The van der Waals surface area contributed by atoms with Gasteiger partial charge in [-0.05, 0) is 43.7 Å². The van der Waals surface area contributed by atoms with Crippen LogP contribution >= 0.6 is 0 Å². The molecule has 0 atom stereocenters. The van der Waals surface area contributed by atoms with E-state index in [9.17, 15) is 14.4 Å². The normalized spacial score (nSPS) is 12.8. The number of aryl methyl sites for hydroxylation is 1. The van der Waals surface area contributed by atoms with Crippen molar-refractivity contribution in [2.24, 2.45) is 0 Å². The third kappa shape index (κ3) is 4.68. The molecule has 1 aliphatic rings. The lowest BCUT2D eigenvalue weighted by Gasteiger charge is -2.18. The molecule has 0 radical (unpaired) electrons. The topological polar surface area (TPSA) is 76.2 Å². The van der Waals surface area contributed by atoms with Crippen molar-refractivity contribution in [3.8, 4) is 5.75 Å². The van der Waals surface area contributed by atoms with Gasteiger partial charge >= 0.3 is 0 Å². The maximum atomic E-state index is 12.8. The predicted octanol–water partition coefficient (Wildman–Crippen LogP) is 2.78. The molecule has 3 rings (SSSR count). The van der Waals surface area contributed by atoms with Crippen molar-refractivity contribution in [1.82, 2.24) is 9.80 Å². The minimum atomic E-state index is -0.369. The molecule has 0 bridgehead atoms. The van der Waals surface area contributed by atoms with E-state index in [1.165, 1.54) is 15.9 Å². The number of hydrogen-bond donors (Lipinski definition) is 0. The fourth-order valence-corrected chi connectivity index (χ4v) is 3.25. The average molecular weight is 410 g/mol. The summed E-state index contributed by atoms with van der Waals surface area (Å²) in [7, 11) is 3.25. The van der Waals surface area contributed by atoms with Gasteiger partial charge < -0.3 is 14.4 Å². The summed E-state index contributed by atoms with van der Waals surface area (Å²) in [5.74, 6) is -0.184. The van der Waals surface area contributed by atoms with Crippen LogP contribution in [-0.2, 0) is 4.74 Å². The van der Waals surface area contributed by atoms with Crippen molar-refractivity contribution in [1.29, 1.82) is 0 Å².